The van der Waals surface area contributed by atoms with Crippen molar-refractivity contribution in [1.29, 1.82) is 0 Å². The molecule has 2 aromatic carbocycles. The number of alkyl halides is 3. The van der Waals surface area contributed by atoms with Gasteiger partial charge in [0, 0.05) is 0 Å². The number of nitrogens with two attached hydrogens (primary N) is 1. The molecule has 21 heavy (non-hydrogen) atoms. The van der Waals surface area contributed by atoms with Crippen LogP contribution in [0.4, 0.5) is 17.6 Å². The fourth-order valence-corrected chi connectivity index (χ4v) is 2.17. The molecule has 0 aliphatic carbocycles. The lowest BCUT2D eigenvalue weighted by atomic mass is 9.99. The summed E-state index contributed by atoms with van der Waals surface area (Å²) in [6.07, 6.45) is -4.73. The number of rotatable bonds is 3. The predicted molar refractivity (Wildman–Crippen MR) is 73.3 cm³/mol. The van der Waals surface area contributed by atoms with E-state index in [9.17, 15) is 17.6 Å². The largest absolute Gasteiger partial charge is 0.573 e. The van der Waals surface area contributed by atoms with Crippen LogP contribution < -0.4 is 10.5 Å². The highest BCUT2D eigenvalue weighted by Crippen LogP contribution is 2.27. The van der Waals surface area contributed by atoms with E-state index in [1.807, 2.05) is 0 Å². The first-order chi connectivity index (χ1) is 9.76. The van der Waals surface area contributed by atoms with Gasteiger partial charge in [0.1, 0.15) is 11.6 Å². The quantitative estimate of drug-likeness (QED) is 0.812. The summed E-state index contributed by atoms with van der Waals surface area (Å²) in [4.78, 5) is 0. The monoisotopic (exact) mass is 363 g/mol. The van der Waals surface area contributed by atoms with Gasteiger partial charge in [-0.2, -0.15) is 0 Å². The summed E-state index contributed by atoms with van der Waals surface area (Å²) in [6, 6.07) is 8.96. The van der Waals surface area contributed by atoms with Crippen LogP contribution in [-0.2, 0) is 0 Å². The van der Waals surface area contributed by atoms with Gasteiger partial charge in [-0.15, -0.1) is 13.2 Å². The normalized spacial score (nSPS) is 13.0. The van der Waals surface area contributed by atoms with Crippen LogP contribution in [0.25, 0.3) is 0 Å². The molecule has 0 heterocycles. The van der Waals surface area contributed by atoms with Gasteiger partial charge < -0.3 is 10.5 Å². The first-order valence-corrected chi connectivity index (χ1v) is 6.62. The van der Waals surface area contributed by atoms with E-state index in [-0.39, 0.29) is 10.2 Å². The van der Waals surface area contributed by atoms with Crippen LogP contribution in [0.3, 0.4) is 0 Å². The maximum atomic E-state index is 13.2. The van der Waals surface area contributed by atoms with E-state index in [0.717, 1.165) is 0 Å². The Morgan fingerprint density at radius 2 is 1.57 bits per heavy atom. The molecular weight excluding hydrogens is 354 g/mol. The molecule has 1 atom stereocenters. The van der Waals surface area contributed by atoms with Gasteiger partial charge in [0.15, 0.2) is 0 Å². The standard InChI is InChI=1S/C14H10BrF4NO/c15-11-7-9(3-6-12(11)16)13(20)8-1-4-10(5-2-8)21-14(17,18)19/h1-7,13H,20H2/t13-/m0/s1. The molecule has 0 fully saturated rings. The Hall–Kier alpha value is -1.60. The van der Waals surface area contributed by atoms with Crippen LogP contribution in [0.5, 0.6) is 5.75 Å². The lowest BCUT2D eigenvalue weighted by Gasteiger charge is -2.14. The van der Waals surface area contributed by atoms with E-state index in [0.29, 0.717) is 11.1 Å². The maximum Gasteiger partial charge on any atom is 0.573 e. The molecule has 0 amide bonds. The predicted octanol–water partition coefficient (Wildman–Crippen LogP) is 4.53. The zero-order valence-electron chi connectivity index (χ0n) is 10.5. The van der Waals surface area contributed by atoms with Crippen LogP contribution >= 0.6 is 15.9 Å². The van der Waals surface area contributed by atoms with E-state index in [2.05, 4.69) is 20.7 Å². The summed E-state index contributed by atoms with van der Waals surface area (Å²) < 4.78 is 53.4. The van der Waals surface area contributed by atoms with Crippen molar-refractivity contribution < 1.29 is 22.3 Å². The Labute approximate surface area is 126 Å². The topological polar surface area (TPSA) is 35.2 Å². The highest BCUT2D eigenvalue weighted by atomic mass is 79.9. The van der Waals surface area contributed by atoms with Crippen molar-refractivity contribution in [2.45, 2.75) is 12.4 Å². The van der Waals surface area contributed by atoms with Gasteiger partial charge in [0.05, 0.1) is 10.5 Å². The Morgan fingerprint density at radius 3 is 2.10 bits per heavy atom. The van der Waals surface area contributed by atoms with Crippen molar-refractivity contribution >= 4 is 15.9 Å². The number of halogens is 5. The summed E-state index contributed by atoms with van der Waals surface area (Å²) in [7, 11) is 0. The zero-order valence-corrected chi connectivity index (χ0v) is 12.1. The molecular formula is C14H10BrF4NO. The van der Waals surface area contributed by atoms with Gasteiger partial charge >= 0.3 is 6.36 Å². The minimum Gasteiger partial charge on any atom is -0.406 e. The van der Waals surface area contributed by atoms with Crippen molar-refractivity contribution in [3.8, 4) is 5.75 Å². The summed E-state index contributed by atoms with van der Waals surface area (Å²) in [5, 5.41) is 0. The molecule has 0 aromatic heterocycles. The molecule has 0 spiro atoms. The average Bonchev–Trinajstić information content (AvgIpc) is 2.40. The fourth-order valence-electron chi connectivity index (χ4n) is 1.78. The molecule has 0 radical (unpaired) electrons. The molecule has 2 nitrogen and oxygen atoms in total. The summed E-state index contributed by atoms with van der Waals surface area (Å²) in [5.41, 5.74) is 7.22. The van der Waals surface area contributed by atoms with Crippen LogP contribution in [0.2, 0.25) is 0 Å². The Kier molecular flexibility index (Phi) is 4.53. The number of benzene rings is 2. The van der Waals surface area contributed by atoms with Crippen molar-refractivity contribution in [2.75, 3.05) is 0 Å². The van der Waals surface area contributed by atoms with Crippen LogP contribution in [0, 0.1) is 5.82 Å². The van der Waals surface area contributed by atoms with Gasteiger partial charge in [0.2, 0.25) is 0 Å². The lowest BCUT2D eigenvalue weighted by Crippen LogP contribution is -2.17. The van der Waals surface area contributed by atoms with Gasteiger partial charge in [-0.1, -0.05) is 18.2 Å². The second kappa shape index (κ2) is 6.03. The van der Waals surface area contributed by atoms with Crippen LogP contribution in [0.1, 0.15) is 17.2 Å². The first kappa shape index (κ1) is 15.8. The molecule has 112 valence electrons. The van der Waals surface area contributed by atoms with E-state index in [1.54, 1.807) is 0 Å². The molecule has 2 N–H and O–H groups in total. The molecule has 0 aliphatic heterocycles. The molecule has 7 heteroatoms. The average molecular weight is 364 g/mol. The minimum absolute atomic E-state index is 0.271. The van der Waals surface area contributed by atoms with Crippen molar-refractivity contribution in [3.63, 3.8) is 0 Å². The maximum absolute atomic E-state index is 13.2. The summed E-state index contributed by atoms with van der Waals surface area (Å²) in [5.74, 6) is -0.737. The van der Waals surface area contributed by atoms with Gasteiger partial charge in [-0.05, 0) is 51.3 Å². The zero-order chi connectivity index (χ0) is 15.6. The van der Waals surface area contributed by atoms with Crippen molar-refractivity contribution in [2.24, 2.45) is 5.73 Å². The number of ether oxygens (including phenoxy) is 1. The van der Waals surface area contributed by atoms with Gasteiger partial charge in [0.25, 0.3) is 0 Å². The van der Waals surface area contributed by atoms with E-state index < -0.39 is 18.2 Å². The fraction of sp³-hybridized carbons (Fsp3) is 0.143. The van der Waals surface area contributed by atoms with Crippen LogP contribution in [0.15, 0.2) is 46.9 Å². The van der Waals surface area contributed by atoms with Crippen molar-refractivity contribution in [3.05, 3.63) is 63.9 Å². The van der Waals surface area contributed by atoms with Gasteiger partial charge in [-0.3, -0.25) is 0 Å². The Bertz CT molecular complexity index is 628. The third kappa shape index (κ3) is 4.18. The molecule has 0 unspecified atom stereocenters. The first-order valence-electron chi connectivity index (χ1n) is 5.82. The third-order valence-electron chi connectivity index (χ3n) is 2.78. The second-order valence-corrected chi connectivity index (χ2v) is 5.12. The Balaban J connectivity index is 2.19. The SMILES string of the molecule is N[C@@H](c1ccc(OC(F)(F)F)cc1)c1ccc(F)c(Br)c1. The molecule has 0 bridgehead atoms. The molecule has 0 saturated heterocycles. The number of hydrogen-bond acceptors (Lipinski definition) is 2. The Morgan fingerprint density at radius 1 is 1.00 bits per heavy atom. The molecule has 2 aromatic rings. The summed E-state index contributed by atoms with van der Waals surface area (Å²) in [6.45, 7) is 0. The minimum atomic E-state index is -4.73. The van der Waals surface area contributed by atoms with E-state index >= 15 is 0 Å². The summed E-state index contributed by atoms with van der Waals surface area (Å²) >= 11 is 3.06. The number of hydrogen-bond donors (Lipinski definition) is 1. The second-order valence-electron chi connectivity index (χ2n) is 4.27. The smallest absolute Gasteiger partial charge is 0.406 e. The highest BCUT2D eigenvalue weighted by molar-refractivity contribution is 9.10. The van der Waals surface area contributed by atoms with Crippen molar-refractivity contribution in [1.82, 2.24) is 0 Å². The lowest BCUT2D eigenvalue weighted by molar-refractivity contribution is -0.274. The van der Waals surface area contributed by atoms with E-state index in [1.165, 1.54) is 42.5 Å². The van der Waals surface area contributed by atoms with Crippen LogP contribution in [-0.4, -0.2) is 6.36 Å². The molecule has 2 rings (SSSR count). The third-order valence-corrected chi connectivity index (χ3v) is 3.38. The highest BCUT2D eigenvalue weighted by Gasteiger charge is 2.31. The van der Waals surface area contributed by atoms with Gasteiger partial charge in [-0.25, -0.2) is 4.39 Å². The van der Waals surface area contributed by atoms with E-state index in [4.69, 9.17) is 5.73 Å². The molecule has 0 saturated carbocycles. The molecule has 0 aliphatic rings.